The van der Waals surface area contributed by atoms with Crippen molar-refractivity contribution in [1.82, 2.24) is 9.97 Å². The molecule has 0 bridgehead atoms. The number of nitrogens with one attached hydrogen (secondary N) is 1. The number of hydrogen-bond donors (Lipinski definition) is 1. The first-order chi connectivity index (χ1) is 9.72. The van der Waals surface area contributed by atoms with Crippen molar-refractivity contribution >= 4 is 11.6 Å². The molecule has 20 heavy (non-hydrogen) atoms. The van der Waals surface area contributed by atoms with E-state index in [-0.39, 0.29) is 0 Å². The van der Waals surface area contributed by atoms with Crippen LogP contribution in [0.2, 0.25) is 0 Å². The molecule has 1 saturated heterocycles. The summed E-state index contributed by atoms with van der Waals surface area (Å²) < 4.78 is 5.55. The summed E-state index contributed by atoms with van der Waals surface area (Å²) in [6.07, 6.45) is 3.27. The van der Waals surface area contributed by atoms with E-state index >= 15 is 0 Å². The van der Waals surface area contributed by atoms with Crippen molar-refractivity contribution in [2.24, 2.45) is 5.92 Å². The zero-order valence-corrected chi connectivity index (χ0v) is 12.9. The molecule has 0 amide bonds. The SMILES string of the molecule is CCNc1cc(N(C)CC2CCCOC2)nc(CC)n1. The largest absolute Gasteiger partial charge is 0.381 e. The molecule has 0 radical (unpaired) electrons. The molecule has 1 aliphatic heterocycles. The van der Waals surface area contributed by atoms with E-state index in [9.17, 15) is 0 Å². The van der Waals surface area contributed by atoms with Gasteiger partial charge in [-0.1, -0.05) is 6.92 Å². The summed E-state index contributed by atoms with van der Waals surface area (Å²) in [5.74, 6) is 3.42. The summed E-state index contributed by atoms with van der Waals surface area (Å²) >= 11 is 0. The van der Waals surface area contributed by atoms with Crippen LogP contribution in [0.3, 0.4) is 0 Å². The van der Waals surface area contributed by atoms with Crippen LogP contribution in [0.25, 0.3) is 0 Å². The molecule has 112 valence electrons. The molecular formula is C15H26N4O. The molecule has 0 aromatic carbocycles. The van der Waals surface area contributed by atoms with E-state index in [0.29, 0.717) is 5.92 Å². The highest BCUT2D eigenvalue weighted by molar-refractivity contribution is 5.49. The number of nitrogens with zero attached hydrogens (tertiary/aromatic N) is 3. The first kappa shape index (κ1) is 15.0. The summed E-state index contributed by atoms with van der Waals surface area (Å²) in [4.78, 5) is 11.4. The predicted molar refractivity (Wildman–Crippen MR) is 82.4 cm³/mol. The van der Waals surface area contributed by atoms with Crippen LogP contribution in [0.15, 0.2) is 6.07 Å². The standard InChI is InChI=1S/C15H26N4O/c1-4-13-17-14(16-5-2)9-15(18-13)19(3)10-12-7-6-8-20-11-12/h9,12H,4-8,10-11H2,1-3H3,(H,16,17,18). The topological polar surface area (TPSA) is 50.3 Å². The van der Waals surface area contributed by atoms with Crippen molar-refractivity contribution in [1.29, 1.82) is 0 Å². The third-order valence-corrected chi connectivity index (χ3v) is 3.61. The van der Waals surface area contributed by atoms with Crippen molar-refractivity contribution in [3.05, 3.63) is 11.9 Å². The molecule has 1 aromatic rings. The van der Waals surface area contributed by atoms with Crippen molar-refractivity contribution in [3.63, 3.8) is 0 Å². The Labute approximate surface area is 121 Å². The Kier molecular flexibility index (Phi) is 5.59. The van der Waals surface area contributed by atoms with Gasteiger partial charge in [0.15, 0.2) is 0 Å². The number of aryl methyl sites for hydroxylation is 1. The zero-order valence-electron chi connectivity index (χ0n) is 12.9. The molecule has 1 N–H and O–H groups in total. The van der Waals surface area contributed by atoms with E-state index in [1.165, 1.54) is 12.8 Å². The smallest absolute Gasteiger partial charge is 0.134 e. The van der Waals surface area contributed by atoms with Gasteiger partial charge < -0.3 is 15.0 Å². The first-order valence-corrected chi connectivity index (χ1v) is 7.63. The Morgan fingerprint density at radius 3 is 2.90 bits per heavy atom. The van der Waals surface area contributed by atoms with Gasteiger partial charge in [-0.3, -0.25) is 0 Å². The molecule has 1 aromatic heterocycles. The predicted octanol–water partition coefficient (Wildman–Crippen LogP) is 2.33. The fraction of sp³-hybridized carbons (Fsp3) is 0.733. The van der Waals surface area contributed by atoms with Gasteiger partial charge in [0.1, 0.15) is 17.5 Å². The summed E-state index contributed by atoms with van der Waals surface area (Å²) in [7, 11) is 2.10. The van der Waals surface area contributed by atoms with Gasteiger partial charge in [-0.05, 0) is 25.7 Å². The summed E-state index contributed by atoms with van der Waals surface area (Å²) in [6.45, 7) is 7.82. The van der Waals surface area contributed by atoms with Crippen LogP contribution in [0.1, 0.15) is 32.5 Å². The second-order valence-corrected chi connectivity index (χ2v) is 5.38. The average Bonchev–Trinajstić information content (AvgIpc) is 2.48. The maximum atomic E-state index is 5.55. The Morgan fingerprint density at radius 1 is 1.40 bits per heavy atom. The Morgan fingerprint density at radius 2 is 2.25 bits per heavy atom. The van der Waals surface area contributed by atoms with Crippen LogP contribution in [0.5, 0.6) is 0 Å². The fourth-order valence-corrected chi connectivity index (χ4v) is 2.54. The zero-order chi connectivity index (χ0) is 14.4. The molecule has 0 spiro atoms. The van der Waals surface area contributed by atoms with Gasteiger partial charge in [0.05, 0.1) is 6.61 Å². The van der Waals surface area contributed by atoms with Crippen LogP contribution >= 0.6 is 0 Å². The lowest BCUT2D eigenvalue weighted by Crippen LogP contribution is -2.31. The quantitative estimate of drug-likeness (QED) is 0.865. The minimum atomic E-state index is 0.608. The van der Waals surface area contributed by atoms with E-state index in [1.807, 2.05) is 6.07 Å². The maximum absolute atomic E-state index is 5.55. The normalized spacial score (nSPS) is 18.9. The molecule has 1 aliphatic rings. The van der Waals surface area contributed by atoms with Gasteiger partial charge in [0, 0.05) is 39.2 Å². The van der Waals surface area contributed by atoms with Crippen molar-refractivity contribution in [3.8, 4) is 0 Å². The van der Waals surface area contributed by atoms with Gasteiger partial charge in [-0.25, -0.2) is 9.97 Å². The van der Waals surface area contributed by atoms with E-state index < -0.39 is 0 Å². The molecule has 1 fully saturated rings. The first-order valence-electron chi connectivity index (χ1n) is 7.63. The van der Waals surface area contributed by atoms with Gasteiger partial charge in [0.25, 0.3) is 0 Å². The van der Waals surface area contributed by atoms with Crippen LogP contribution in [-0.2, 0) is 11.2 Å². The van der Waals surface area contributed by atoms with Gasteiger partial charge in [-0.15, -0.1) is 0 Å². The third-order valence-electron chi connectivity index (χ3n) is 3.61. The minimum Gasteiger partial charge on any atom is -0.381 e. The highest BCUT2D eigenvalue weighted by atomic mass is 16.5. The Bertz CT molecular complexity index is 418. The summed E-state index contributed by atoms with van der Waals surface area (Å²) in [5, 5.41) is 3.28. The fourth-order valence-electron chi connectivity index (χ4n) is 2.54. The lowest BCUT2D eigenvalue weighted by Gasteiger charge is -2.28. The van der Waals surface area contributed by atoms with Crippen molar-refractivity contribution in [2.75, 3.05) is 43.6 Å². The number of aromatic nitrogens is 2. The number of hydrogen-bond acceptors (Lipinski definition) is 5. The monoisotopic (exact) mass is 278 g/mol. The molecular weight excluding hydrogens is 252 g/mol. The highest BCUT2D eigenvalue weighted by Crippen LogP contribution is 2.20. The van der Waals surface area contributed by atoms with Gasteiger partial charge in [0.2, 0.25) is 0 Å². The van der Waals surface area contributed by atoms with E-state index in [0.717, 1.165) is 50.2 Å². The van der Waals surface area contributed by atoms with Crippen LogP contribution in [0.4, 0.5) is 11.6 Å². The average molecular weight is 278 g/mol. The molecule has 2 rings (SSSR count). The van der Waals surface area contributed by atoms with Crippen molar-refractivity contribution in [2.45, 2.75) is 33.1 Å². The molecule has 0 aliphatic carbocycles. The van der Waals surface area contributed by atoms with Crippen LogP contribution < -0.4 is 10.2 Å². The van der Waals surface area contributed by atoms with Crippen LogP contribution in [-0.4, -0.2) is 43.3 Å². The maximum Gasteiger partial charge on any atom is 0.134 e. The second kappa shape index (κ2) is 7.43. The van der Waals surface area contributed by atoms with E-state index in [4.69, 9.17) is 4.74 Å². The number of anilines is 2. The Hall–Kier alpha value is -1.36. The van der Waals surface area contributed by atoms with Crippen LogP contribution in [0, 0.1) is 5.92 Å². The molecule has 2 heterocycles. The van der Waals surface area contributed by atoms with Crippen molar-refractivity contribution < 1.29 is 4.74 Å². The summed E-state index contributed by atoms with van der Waals surface area (Å²) in [6, 6.07) is 2.03. The lowest BCUT2D eigenvalue weighted by molar-refractivity contribution is 0.0576. The van der Waals surface area contributed by atoms with Gasteiger partial charge in [-0.2, -0.15) is 0 Å². The Balaban J connectivity index is 2.06. The minimum absolute atomic E-state index is 0.608. The van der Waals surface area contributed by atoms with E-state index in [2.05, 4.69) is 41.1 Å². The summed E-state index contributed by atoms with van der Waals surface area (Å²) in [5.41, 5.74) is 0. The van der Waals surface area contributed by atoms with Gasteiger partial charge >= 0.3 is 0 Å². The lowest BCUT2D eigenvalue weighted by atomic mass is 10.0. The van der Waals surface area contributed by atoms with E-state index in [1.54, 1.807) is 0 Å². The molecule has 1 unspecified atom stereocenters. The third kappa shape index (κ3) is 4.07. The number of ether oxygens (including phenoxy) is 1. The molecule has 0 saturated carbocycles. The molecule has 5 heteroatoms. The second-order valence-electron chi connectivity index (χ2n) is 5.38. The number of rotatable bonds is 6. The highest BCUT2D eigenvalue weighted by Gasteiger charge is 2.17. The molecule has 1 atom stereocenters. The molecule has 5 nitrogen and oxygen atoms in total.